The molecule has 0 fully saturated rings. The summed E-state index contributed by atoms with van der Waals surface area (Å²) in [5.41, 5.74) is 2.56. The summed E-state index contributed by atoms with van der Waals surface area (Å²) in [4.78, 5) is 0. The van der Waals surface area contributed by atoms with E-state index in [-0.39, 0.29) is 12.1 Å². The van der Waals surface area contributed by atoms with Crippen molar-refractivity contribution in [2.75, 3.05) is 6.54 Å². The Morgan fingerprint density at radius 2 is 1.52 bits per heavy atom. The molecule has 0 amide bonds. The van der Waals surface area contributed by atoms with Gasteiger partial charge in [0.25, 0.3) is 0 Å². The van der Waals surface area contributed by atoms with Crippen molar-refractivity contribution >= 4 is 0 Å². The molecule has 0 saturated heterocycles. The molecule has 1 atom stereocenters. The Morgan fingerprint density at radius 1 is 0.905 bits per heavy atom. The summed E-state index contributed by atoms with van der Waals surface area (Å²) >= 11 is 0. The normalized spacial score (nSPS) is 12.4. The van der Waals surface area contributed by atoms with Crippen LogP contribution < -0.4 is 10.1 Å². The first kappa shape index (κ1) is 15.6. The summed E-state index contributed by atoms with van der Waals surface area (Å²) in [6, 6.07) is 19.2. The molecule has 1 unspecified atom stereocenters. The van der Waals surface area contributed by atoms with Gasteiger partial charge in [-0.25, -0.2) is 0 Å². The Kier molecular flexibility index (Phi) is 5.82. The molecular weight excluding hydrogens is 258 g/mol. The minimum absolute atomic E-state index is 0.207. The number of benzene rings is 2. The predicted octanol–water partition coefficient (Wildman–Crippen LogP) is 4.56. The van der Waals surface area contributed by atoms with E-state index in [4.69, 9.17) is 4.74 Å². The summed E-state index contributed by atoms with van der Waals surface area (Å²) in [6.07, 6.45) is 1.33. The van der Waals surface area contributed by atoms with Crippen LogP contribution >= 0.6 is 0 Å². The maximum absolute atomic E-state index is 5.72. The van der Waals surface area contributed by atoms with Gasteiger partial charge in [0, 0.05) is 0 Å². The maximum Gasteiger partial charge on any atom is 0.119 e. The monoisotopic (exact) mass is 283 g/mol. The van der Waals surface area contributed by atoms with Crippen LogP contribution in [0.25, 0.3) is 0 Å². The van der Waals surface area contributed by atoms with Crippen molar-refractivity contribution in [3.05, 3.63) is 65.7 Å². The number of hydrogen-bond donors (Lipinski definition) is 1. The topological polar surface area (TPSA) is 21.3 Å². The van der Waals surface area contributed by atoms with Gasteiger partial charge in [-0.3, -0.25) is 0 Å². The quantitative estimate of drug-likeness (QED) is 0.804. The molecule has 2 nitrogen and oxygen atoms in total. The highest BCUT2D eigenvalue weighted by Gasteiger charge is 2.12. The molecule has 0 bridgehead atoms. The number of nitrogens with one attached hydrogen (secondary N) is 1. The average Bonchev–Trinajstić information content (AvgIpc) is 2.50. The van der Waals surface area contributed by atoms with Crippen LogP contribution in [0.1, 0.15) is 44.4 Å². The Hall–Kier alpha value is -1.80. The van der Waals surface area contributed by atoms with Gasteiger partial charge in [-0.05, 0) is 50.1 Å². The van der Waals surface area contributed by atoms with E-state index < -0.39 is 0 Å². The highest BCUT2D eigenvalue weighted by molar-refractivity contribution is 5.35. The van der Waals surface area contributed by atoms with Gasteiger partial charge in [0.15, 0.2) is 0 Å². The molecule has 2 rings (SSSR count). The SMILES string of the molecule is CCCNC(c1ccccc1)c1ccc(OC(C)C)cc1. The molecule has 112 valence electrons. The molecule has 0 aliphatic heterocycles. The van der Waals surface area contributed by atoms with Crippen molar-refractivity contribution in [3.8, 4) is 5.75 Å². The zero-order chi connectivity index (χ0) is 15.1. The van der Waals surface area contributed by atoms with Gasteiger partial charge in [0.2, 0.25) is 0 Å². The molecule has 0 aliphatic carbocycles. The van der Waals surface area contributed by atoms with Gasteiger partial charge in [-0.15, -0.1) is 0 Å². The standard InChI is InChI=1S/C19H25NO/c1-4-14-20-19(16-8-6-5-7-9-16)17-10-12-18(13-11-17)21-15(2)3/h5-13,15,19-20H,4,14H2,1-3H3. The molecule has 0 heterocycles. The minimum Gasteiger partial charge on any atom is -0.491 e. The van der Waals surface area contributed by atoms with Gasteiger partial charge >= 0.3 is 0 Å². The van der Waals surface area contributed by atoms with Crippen LogP contribution in [0.15, 0.2) is 54.6 Å². The smallest absolute Gasteiger partial charge is 0.119 e. The van der Waals surface area contributed by atoms with Crippen molar-refractivity contribution in [1.82, 2.24) is 5.32 Å². The van der Waals surface area contributed by atoms with E-state index in [0.29, 0.717) is 0 Å². The Morgan fingerprint density at radius 3 is 2.10 bits per heavy atom. The second-order valence-electron chi connectivity index (χ2n) is 5.53. The van der Waals surface area contributed by atoms with E-state index in [1.165, 1.54) is 11.1 Å². The zero-order valence-corrected chi connectivity index (χ0v) is 13.2. The fourth-order valence-electron chi connectivity index (χ4n) is 2.37. The number of hydrogen-bond acceptors (Lipinski definition) is 2. The van der Waals surface area contributed by atoms with E-state index >= 15 is 0 Å². The fourth-order valence-corrected chi connectivity index (χ4v) is 2.37. The van der Waals surface area contributed by atoms with Gasteiger partial charge < -0.3 is 10.1 Å². The third-order valence-corrected chi connectivity index (χ3v) is 3.32. The highest BCUT2D eigenvalue weighted by atomic mass is 16.5. The van der Waals surface area contributed by atoms with Crippen LogP contribution in [0.2, 0.25) is 0 Å². The van der Waals surface area contributed by atoms with E-state index in [0.717, 1.165) is 18.7 Å². The van der Waals surface area contributed by atoms with Crippen LogP contribution in [0.4, 0.5) is 0 Å². The van der Waals surface area contributed by atoms with Crippen LogP contribution in [0.5, 0.6) is 5.75 Å². The molecule has 1 N–H and O–H groups in total. The average molecular weight is 283 g/mol. The van der Waals surface area contributed by atoms with Gasteiger partial charge in [0.05, 0.1) is 12.1 Å². The van der Waals surface area contributed by atoms with E-state index in [2.05, 4.69) is 66.8 Å². The van der Waals surface area contributed by atoms with Gasteiger partial charge in [-0.1, -0.05) is 49.4 Å². The molecule has 0 saturated carbocycles. The van der Waals surface area contributed by atoms with Crippen LogP contribution in [0.3, 0.4) is 0 Å². The number of ether oxygens (including phenoxy) is 1. The lowest BCUT2D eigenvalue weighted by atomic mass is 9.98. The summed E-state index contributed by atoms with van der Waals surface area (Å²) in [5.74, 6) is 0.927. The van der Waals surface area contributed by atoms with Crippen molar-refractivity contribution in [2.45, 2.75) is 39.3 Å². The lowest BCUT2D eigenvalue weighted by Gasteiger charge is -2.20. The lowest BCUT2D eigenvalue weighted by molar-refractivity contribution is 0.242. The first-order valence-corrected chi connectivity index (χ1v) is 7.75. The first-order chi connectivity index (χ1) is 10.2. The Labute approximate surface area is 128 Å². The molecule has 0 aliphatic rings. The van der Waals surface area contributed by atoms with E-state index in [1.54, 1.807) is 0 Å². The van der Waals surface area contributed by atoms with Gasteiger partial charge in [0.1, 0.15) is 5.75 Å². The van der Waals surface area contributed by atoms with Crippen molar-refractivity contribution in [1.29, 1.82) is 0 Å². The third-order valence-electron chi connectivity index (χ3n) is 3.32. The molecule has 2 aromatic carbocycles. The second-order valence-corrected chi connectivity index (χ2v) is 5.53. The third kappa shape index (κ3) is 4.61. The number of rotatable bonds is 7. The van der Waals surface area contributed by atoms with E-state index in [1.807, 2.05) is 13.8 Å². The molecule has 2 aromatic rings. The fraction of sp³-hybridized carbons (Fsp3) is 0.368. The summed E-state index contributed by atoms with van der Waals surface area (Å²) in [7, 11) is 0. The molecule has 21 heavy (non-hydrogen) atoms. The van der Waals surface area contributed by atoms with Crippen molar-refractivity contribution in [2.24, 2.45) is 0 Å². The molecule has 0 spiro atoms. The van der Waals surface area contributed by atoms with Crippen molar-refractivity contribution < 1.29 is 4.74 Å². The van der Waals surface area contributed by atoms with Crippen LogP contribution in [-0.4, -0.2) is 12.6 Å². The summed E-state index contributed by atoms with van der Waals surface area (Å²) in [6.45, 7) is 7.28. The summed E-state index contributed by atoms with van der Waals surface area (Å²) in [5, 5.41) is 3.62. The zero-order valence-electron chi connectivity index (χ0n) is 13.2. The lowest BCUT2D eigenvalue weighted by Crippen LogP contribution is -2.23. The van der Waals surface area contributed by atoms with E-state index in [9.17, 15) is 0 Å². The molecular formula is C19H25NO. The predicted molar refractivity (Wildman–Crippen MR) is 88.8 cm³/mol. The maximum atomic E-state index is 5.72. The molecule has 0 aromatic heterocycles. The Balaban J connectivity index is 2.20. The molecule has 0 radical (unpaired) electrons. The largest absolute Gasteiger partial charge is 0.491 e. The van der Waals surface area contributed by atoms with Gasteiger partial charge in [-0.2, -0.15) is 0 Å². The molecule has 2 heteroatoms. The van der Waals surface area contributed by atoms with Crippen molar-refractivity contribution in [3.63, 3.8) is 0 Å². The second kappa shape index (κ2) is 7.84. The Bertz CT molecular complexity index is 519. The first-order valence-electron chi connectivity index (χ1n) is 7.75. The van der Waals surface area contributed by atoms with Crippen LogP contribution in [0, 0.1) is 0 Å². The minimum atomic E-state index is 0.207. The van der Waals surface area contributed by atoms with Crippen LogP contribution in [-0.2, 0) is 0 Å². The summed E-state index contributed by atoms with van der Waals surface area (Å²) < 4.78 is 5.72. The highest BCUT2D eigenvalue weighted by Crippen LogP contribution is 2.24.